The van der Waals surface area contributed by atoms with E-state index in [1.54, 1.807) is 0 Å². The van der Waals surface area contributed by atoms with Crippen molar-refractivity contribution in [3.63, 3.8) is 0 Å². The first-order valence-electron chi connectivity index (χ1n) is 22.1. The fourth-order valence-corrected chi connectivity index (χ4v) is 7.64. The number of unbranched alkanes of at least 4 members (excludes halogenated alkanes) is 20. The molecule has 1 aliphatic carbocycles. The van der Waals surface area contributed by atoms with Crippen molar-refractivity contribution in [2.24, 2.45) is 0 Å². The second kappa shape index (κ2) is 34.1. The Hall–Kier alpha value is -1.67. The van der Waals surface area contributed by atoms with E-state index in [4.69, 9.17) is 18.5 Å². The minimum atomic E-state index is -5.11. The van der Waals surface area contributed by atoms with Gasteiger partial charge in [-0.05, 0) is 44.9 Å². The van der Waals surface area contributed by atoms with Crippen LogP contribution in [0.15, 0.2) is 24.3 Å². The lowest BCUT2D eigenvalue weighted by Gasteiger charge is -2.41. The van der Waals surface area contributed by atoms with Crippen LogP contribution in [0.3, 0.4) is 0 Å². The highest BCUT2D eigenvalue weighted by Gasteiger charge is 2.51. The molecule has 1 saturated carbocycles. The number of carbonyl (C=O) groups excluding carboxylic acids is 2. The zero-order valence-corrected chi connectivity index (χ0v) is 36.0. The van der Waals surface area contributed by atoms with Gasteiger partial charge in [0.15, 0.2) is 6.10 Å². The fraction of sp³-hybridized carbons (Fsp3) is 0.860. The molecule has 0 aliphatic heterocycles. The number of carbonyl (C=O) groups is 2. The zero-order valence-electron chi connectivity index (χ0n) is 35.1. The number of hydrogen-bond donors (Lipinski definition) is 6. The lowest BCUT2D eigenvalue weighted by atomic mass is 9.85. The molecule has 1 aliphatic rings. The third-order valence-electron chi connectivity index (χ3n) is 10.3. The van der Waals surface area contributed by atoms with Gasteiger partial charge < -0.3 is 39.9 Å². The van der Waals surface area contributed by atoms with Crippen LogP contribution in [0.25, 0.3) is 0 Å². The van der Waals surface area contributed by atoms with E-state index in [2.05, 4.69) is 38.2 Å². The predicted octanol–water partition coefficient (Wildman–Crippen LogP) is 8.06. The average molecular weight is 835 g/mol. The van der Waals surface area contributed by atoms with Gasteiger partial charge in [-0.3, -0.25) is 18.6 Å². The maximum absolute atomic E-state index is 12.8. The van der Waals surface area contributed by atoms with Gasteiger partial charge in [0.25, 0.3) is 0 Å². The Morgan fingerprint density at radius 3 is 1.46 bits per heavy atom. The van der Waals surface area contributed by atoms with Crippen LogP contribution in [-0.2, 0) is 32.7 Å². The summed E-state index contributed by atoms with van der Waals surface area (Å²) in [6.45, 7) is 3.25. The quantitative estimate of drug-likeness (QED) is 0.0153. The molecule has 6 N–H and O–H groups in total. The number of ether oxygens (including phenoxy) is 2. The Morgan fingerprint density at radius 2 is 0.947 bits per heavy atom. The van der Waals surface area contributed by atoms with Crippen molar-refractivity contribution in [3.05, 3.63) is 24.3 Å². The van der Waals surface area contributed by atoms with Gasteiger partial charge in [-0.25, -0.2) is 4.57 Å². The van der Waals surface area contributed by atoms with Crippen LogP contribution < -0.4 is 0 Å². The summed E-state index contributed by atoms with van der Waals surface area (Å²) in [5.41, 5.74) is 0. The standard InChI is InChI=1S/C43H79O13P/c1-3-5-7-9-11-13-15-17-18-20-21-23-25-27-29-31-36(44)53-33-35(34-54-57(51,52)56-43-41(49)39(47)38(46)40(48)42(43)50)55-37(45)32-30-28-26-24-22-19-16-14-12-10-8-6-4-2/h11,13,17-18,35,38-43,46-50H,3-10,12,14-16,19-34H2,1-2H3,(H,51,52)/t35-,38?,39-,40?,41?,42?,43?/m1/s1. The number of aliphatic hydroxyl groups is 5. The van der Waals surface area contributed by atoms with Gasteiger partial charge in [0, 0.05) is 12.8 Å². The van der Waals surface area contributed by atoms with E-state index in [0.29, 0.717) is 12.8 Å². The van der Waals surface area contributed by atoms with Crippen LogP contribution in [-0.4, -0.2) is 98.3 Å². The topological polar surface area (TPSA) is 210 Å². The molecule has 1 rings (SSSR count). The molecular formula is C43H79O13P. The van der Waals surface area contributed by atoms with Gasteiger partial charge in [0.2, 0.25) is 0 Å². The first-order chi connectivity index (χ1) is 27.4. The first kappa shape index (κ1) is 53.3. The van der Waals surface area contributed by atoms with Gasteiger partial charge in [0.1, 0.15) is 43.2 Å². The van der Waals surface area contributed by atoms with Crippen LogP contribution in [0.2, 0.25) is 0 Å². The van der Waals surface area contributed by atoms with Crippen molar-refractivity contribution in [3.8, 4) is 0 Å². The van der Waals surface area contributed by atoms with Crippen LogP contribution >= 0.6 is 7.82 Å². The van der Waals surface area contributed by atoms with Crippen molar-refractivity contribution in [1.29, 1.82) is 0 Å². The molecule has 0 bridgehead atoms. The average Bonchev–Trinajstić information content (AvgIpc) is 3.19. The lowest BCUT2D eigenvalue weighted by molar-refractivity contribution is -0.220. The number of hydrogen-bond acceptors (Lipinski definition) is 12. The van der Waals surface area contributed by atoms with E-state index in [0.717, 1.165) is 70.6 Å². The molecule has 0 aromatic rings. The van der Waals surface area contributed by atoms with Gasteiger partial charge in [-0.2, -0.15) is 0 Å². The van der Waals surface area contributed by atoms with Crippen LogP contribution in [0.4, 0.5) is 0 Å². The minimum Gasteiger partial charge on any atom is -0.462 e. The largest absolute Gasteiger partial charge is 0.472 e. The maximum atomic E-state index is 12.8. The summed E-state index contributed by atoms with van der Waals surface area (Å²) in [6.07, 6.45) is 22.3. The number of esters is 2. The van der Waals surface area contributed by atoms with Crippen molar-refractivity contribution in [2.45, 2.75) is 224 Å². The molecule has 0 aromatic heterocycles. The van der Waals surface area contributed by atoms with Crippen molar-refractivity contribution in [1.82, 2.24) is 0 Å². The van der Waals surface area contributed by atoms with Crippen LogP contribution in [0, 0.1) is 0 Å². The summed E-state index contributed by atoms with van der Waals surface area (Å²) in [7, 11) is -5.11. The molecule has 0 aromatic carbocycles. The lowest BCUT2D eigenvalue weighted by Crippen LogP contribution is -2.64. The molecule has 8 atom stereocenters. The monoisotopic (exact) mass is 835 g/mol. The summed E-state index contributed by atoms with van der Waals surface area (Å²) in [5.74, 6) is -1.11. The van der Waals surface area contributed by atoms with Crippen molar-refractivity contribution < 1.29 is 63.1 Å². The highest BCUT2D eigenvalue weighted by atomic mass is 31.2. The van der Waals surface area contributed by atoms with Crippen LogP contribution in [0.1, 0.15) is 181 Å². The number of rotatable bonds is 36. The summed E-state index contributed by atoms with van der Waals surface area (Å²) < 4.78 is 33.5. The Kier molecular flexibility index (Phi) is 31.9. The molecule has 14 heteroatoms. The first-order valence-corrected chi connectivity index (χ1v) is 23.6. The number of allylic oxidation sites excluding steroid dienone is 4. The van der Waals surface area contributed by atoms with Gasteiger partial charge >= 0.3 is 19.8 Å². The highest BCUT2D eigenvalue weighted by Crippen LogP contribution is 2.47. The van der Waals surface area contributed by atoms with E-state index >= 15 is 0 Å². The molecule has 0 radical (unpaired) electrons. The Balaban J connectivity index is 2.49. The van der Waals surface area contributed by atoms with E-state index in [1.165, 1.54) is 70.6 Å². The number of phosphoric acid groups is 1. The fourth-order valence-electron chi connectivity index (χ4n) is 6.67. The number of phosphoric ester groups is 1. The summed E-state index contributed by atoms with van der Waals surface area (Å²) in [5, 5.41) is 50.1. The second-order valence-corrected chi connectivity index (χ2v) is 17.0. The molecule has 334 valence electrons. The molecular weight excluding hydrogens is 755 g/mol. The molecule has 0 heterocycles. The maximum Gasteiger partial charge on any atom is 0.472 e. The summed E-state index contributed by atoms with van der Waals surface area (Å²) in [6, 6.07) is 0. The predicted molar refractivity (Wildman–Crippen MR) is 221 cm³/mol. The van der Waals surface area contributed by atoms with Gasteiger partial charge in [-0.15, -0.1) is 0 Å². The van der Waals surface area contributed by atoms with Gasteiger partial charge in [-0.1, -0.05) is 147 Å². The highest BCUT2D eigenvalue weighted by molar-refractivity contribution is 7.47. The van der Waals surface area contributed by atoms with E-state index in [9.17, 15) is 44.6 Å². The van der Waals surface area contributed by atoms with E-state index in [-0.39, 0.29) is 12.8 Å². The van der Waals surface area contributed by atoms with Crippen LogP contribution in [0.5, 0.6) is 0 Å². The zero-order chi connectivity index (χ0) is 42.2. The molecule has 0 saturated heterocycles. The molecule has 1 fully saturated rings. The Bertz CT molecular complexity index is 1100. The summed E-state index contributed by atoms with van der Waals surface area (Å²) >= 11 is 0. The molecule has 6 unspecified atom stereocenters. The minimum absolute atomic E-state index is 0.0972. The summed E-state index contributed by atoms with van der Waals surface area (Å²) in [4.78, 5) is 35.6. The third kappa shape index (κ3) is 26.9. The SMILES string of the molecule is CCCCCC=CCC=CCCCCCCCC(=O)OC[C@H](COP(=O)(O)OC1C(O)C(O)C(O)[C@@H](O)C1O)OC(=O)CCCCCCCCCCCCCCC. The molecule has 57 heavy (non-hydrogen) atoms. The van der Waals surface area contributed by atoms with Gasteiger partial charge in [0.05, 0.1) is 6.61 Å². The van der Waals surface area contributed by atoms with E-state index in [1.807, 2.05) is 0 Å². The van der Waals surface area contributed by atoms with E-state index < -0.39 is 75.7 Å². The normalized spacial score (nSPS) is 22.9. The molecule has 0 amide bonds. The third-order valence-corrected chi connectivity index (χ3v) is 11.3. The molecule has 13 nitrogen and oxygen atoms in total. The smallest absolute Gasteiger partial charge is 0.462 e. The second-order valence-electron chi connectivity index (χ2n) is 15.6. The Morgan fingerprint density at radius 1 is 0.544 bits per heavy atom. The number of aliphatic hydroxyl groups excluding tert-OH is 5. The van der Waals surface area contributed by atoms with Crippen molar-refractivity contribution in [2.75, 3.05) is 13.2 Å². The van der Waals surface area contributed by atoms with Crippen molar-refractivity contribution >= 4 is 19.8 Å². The Labute approximate surface area is 343 Å². The molecule has 0 spiro atoms.